The lowest BCUT2D eigenvalue weighted by molar-refractivity contribution is -0.125. The van der Waals surface area contributed by atoms with Crippen molar-refractivity contribution in [1.82, 2.24) is 10.6 Å². The van der Waals surface area contributed by atoms with Gasteiger partial charge < -0.3 is 20.5 Å². The monoisotopic (exact) mass is 398 g/mol. The first-order valence-electron chi connectivity index (χ1n) is 9.86. The Morgan fingerprint density at radius 1 is 0.897 bits per heavy atom. The maximum Gasteiger partial charge on any atom is 0.408 e. The molecule has 0 aromatic heterocycles. The van der Waals surface area contributed by atoms with Crippen LogP contribution < -0.4 is 10.6 Å². The Labute approximate surface area is 172 Å². The van der Waals surface area contributed by atoms with Gasteiger partial charge in [-0.25, -0.2) is 4.79 Å². The van der Waals surface area contributed by atoms with Crippen molar-refractivity contribution in [2.75, 3.05) is 0 Å². The Kier molecular flexibility index (Phi) is 8.68. The Balaban J connectivity index is 2.05. The number of benzene rings is 2. The summed E-state index contributed by atoms with van der Waals surface area (Å²) in [5.41, 5.74) is 1.77. The third-order valence-corrected chi connectivity index (χ3v) is 4.65. The van der Waals surface area contributed by atoms with E-state index in [0.29, 0.717) is 6.42 Å². The van der Waals surface area contributed by atoms with Crippen molar-refractivity contribution in [2.24, 2.45) is 5.92 Å². The van der Waals surface area contributed by atoms with Gasteiger partial charge in [0.15, 0.2) is 0 Å². The quantitative estimate of drug-likeness (QED) is 0.606. The van der Waals surface area contributed by atoms with E-state index in [4.69, 9.17) is 4.74 Å². The third kappa shape index (κ3) is 7.58. The van der Waals surface area contributed by atoms with Gasteiger partial charge in [0.2, 0.25) is 5.91 Å². The second-order valence-electron chi connectivity index (χ2n) is 7.47. The van der Waals surface area contributed by atoms with Crippen LogP contribution in [-0.4, -0.2) is 35.3 Å². The molecule has 6 nitrogen and oxygen atoms in total. The number of carbonyl (C=O) groups is 2. The van der Waals surface area contributed by atoms with Crippen molar-refractivity contribution in [2.45, 2.75) is 52.0 Å². The Morgan fingerprint density at radius 2 is 1.45 bits per heavy atom. The molecule has 2 aromatic rings. The molecule has 0 fully saturated rings. The van der Waals surface area contributed by atoms with Crippen molar-refractivity contribution in [1.29, 1.82) is 0 Å². The first-order valence-corrected chi connectivity index (χ1v) is 9.86. The van der Waals surface area contributed by atoms with Crippen LogP contribution in [0.5, 0.6) is 0 Å². The molecule has 0 saturated heterocycles. The summed E-state index contributed by atoms with van der Waals surface area (Å²) in [6.07, 6.45) is -1.05. The summed E-state index contributed by atoms with van der Waals surface area (Å²) in [7, 11) is 0. The van der Waals surface area contributed by atoms with Crippen LogP contribution in [0.25, 0.3) is 0 Å². The fourth-order valence-corrected chi connectivity index (χ4v) is 3.08. The molecule has 0 radical (unpaired) electrons. The molecule has 3 atom stereocenters. The predicted octanol–water partition coefficient (Wildman–Crippen LogP) is 3.05. The number of ether oxygens (including phenoxy) is 1. The van der Waals surface area contributed by atoms with Gasteiger partial charge in [-0.05, 0) is 24.0 Å². The number of hydrogen-bond donors (Lipinski definition) is 3. The maximum atomic E-state index is 12.9. The van der Waals surface area contributed by atoms with Gasteiger partial charge in [-0.1, -0.05) is 74.5 Å². The third-order valence-electron chi connectivity index (χ3n) is 4.65. The van der Waals surface area contributed by atoms with Crippen LogP contribution in [0.15, 0.2) is 60.7 Å². The number of aliphatic hydroxyl groups is 1. The van der Waals surface area contributed by atoms with E-state index < -0.39 is 24.3 Å². The molecule has 2 amide bonds. The van der Waals surface area contributed by atoms with E-state index >= 15 is 0 Å². The van der Waals surface area contributed by atoms with Gasteiger partial charge >= 0.3 is 6.09 Å². The second-order valence-corrected chi connectivity index (χ2v) is 7.47. The van der Waals surface area contributed by atoms with Crippen molar-refractivity contribution in [3.05, 3.63) is 71.8 Å². The zero-order valence-electron chi connectivity index (χ0n) is 17.2. The number of hydrogen-bond acceptors (Lipinski definition) is 4. The molecule has 6 heteroatoms. The highest BCUT2D eigenvalue weighted by Crippen LogP contribution is 2.09. The molecule has 0 aliphatic carbocycles. The van der Waals surface area contributed by atoms with Crippen LogP contribution in [0.3, 0.4) is 0 Å². The first kappa shape index (κ1) is 22.4. The Hall–Kier alpha value is -2.86. The minimum atomic E-state index is -0.819. The molecule has 2 aromatic carbocycles. The zero-order chi connectivity index (χ0) is 21.2. The normalized spacial score (nSPS) is 14.0. The lowest BCUT2D eigenvalue weighted by Crippen LogP contribution is -2.54. The summed E-state index contributed by atoms with van der Waals surface area (Å²) in [5.74, 6) is -0.313. The summed E-state index contributed by atoms with van der Waals surface area (Å²) in [4.78, 5) is 25.2. The summed E-state index contributed by atoms with van der Waals surface area (Å²) < 4.78 is 5.27. The van der Waals surface area contributed by atoms with E-state index in [1.54, 1.807) is 6.92 Å². The van der Waals surface area contributed by atoms with E-state index in [2.05, 4.69) is 10.6 Å². The van der Waals surface area contributed by atoms with Crippen LogP contribution in [-0.2, 0) is 22.6 Å². The molecule has 0 saturated carbocycles. The van der Waals surface area contributed by atoms with Crippen LogP contribution in [0.4, 0.5) is 4.79 Å². The van der Waals surface area contributed by atoms with Crippen LogP contribution in [0.2, 0.25) is 0 Å². The lowest BCUT2D eigenvalue weighted by atomic mass is 9.98. The minimum absolute atomic E-state index is 0.0429. The maximum absolute atomic E-state index is 12.9. The average molecular weight is 399 g/mol. The molecular weight excluding hydrogens is 368 g/mol. The van der Waals surface area contributed by atoms with Gasteiger partial charge in [-0.15, -0.1) is 0 Å². The van der Waals surface area contributed by atoms with E-state index in [9.17, 15) is 14.7 Å². The summed E-state index contributed by atoms with van der Waals surface area (Å²) in [5, 5.41) is 15.5. The van der Waals surface area contributed by atoms with E-state index in [1.165, 1.54) is 0 Å². The highest BCUT2D eigenvalue weighted by Gasteiger charge is 2.27. The smallest absolute Gasteiger partial charge is 0.408 e. The second kappa shape index (κ2) is 11.2. The topological polar surface area (TPSA) is 87.7 Å². The molecular formula is C23H30N2O4. The molecule has 156 valence electrons. The molecule has 0 bridgehead atoms. The highest BCUT2D eigenvalue weighted by atomic mass is 16.5. The minimum Gasteiger partial charge on any atom is -0.445 e. The van der Waals surface area contributed by atoms with E-state index in [-0.39, 0.29) is 18.4 Å². The SMILES string of the molecule is CC(C)[C@H](NC(=O)[C@H](Cc1ccccc1)NC(=O)OCc1ccccc1)[C@H](C)O. The fraction of sp³-hybridized carbons (Fsp3) is 0.391. The predicted molar refractivity (Wildman–Crippen MR) is 112 cm³/mol. The molecule has 29 heavy (non-hydrogen) atoms. The Bertz CT molecular complexity index is 755. The lowest BCUT2D eigenvalue weighted by Gasteiger charge is -2.27. The van der Waals surface area contributed by atoms with Gasteiger partial charge in [0, 0.05) is 6.42 Å². The number of amides is 2. The largest absolute Gasteiger partial charge is 0.445 e. The number of carbonyl (C=O) groups excluding carboxylic acids is 2. The summed E-state index contributed by atoms with van der Waals surface area (Å²) >= 11 is 0. The van der Waals surface area contributed by atoms with Crippen molar-refractivity contribution >= 4 is 12.0 Å². The van der Waals surface area contributed by atoms with Crippen LogP contribution >= 0.6 is 0 Å². The standard InChI is InChI=1S/C23H30N2O4/c1-16(2)21(17(3)26)25-22(27)20(14-18-10-6-4-7-11-18)24-23(28)29-15-19-12-8-5-9-13-19/h4-13,16-17,20-21,26H,14-15H2,1-3H3,(H,24,28)(H,25,27)/t17-,20-,21-/m0/s1. The van der Waals surface area contributed by atoms with Crippen LogP contribution in [0, 0.1) is 5.92 Å². The van der Waals surface area contributed by atoms with Crippen molar-refractivity contribution in [3.63, 3.8) is 0 Å². The molecule has 0 aliphatic rings. The number of rotatable bonds is 9. The van der Waals surface area contributed by atoms with Crippen LogP contribution in [0.1, 0.15) is 31.9 Å². The first-order chi connectivity index (χ1) is 13.9. The highest BCUT2D eigenvalue weighted by molar-refractivity contribution is 5.86. The number of alkyl carbamates (subject to hydrolysis) is 1. The zero-order valence-corrected chi connectivity index (χ0v) is 17.2. The molecule has 0 heterocycles. The average Bonchev–Trinajstić information content (AvgIpc) is 2.71. The van der Waals surface area contributed by atoms with Gasteiger partial charge in [0.05, 0.1) is 12.1 Å². The fourth-order valence-electron chi connectivity index (χ4n) is 3.08. The van der Waals surface area contributed by atoms with E-state index in [0.717, 1.165) is 11.1 Å². The molecule has 0 spiro atoms. The molecule has 0 aliphatic heterocycles. The summed E-state index contributed by atoms with van der Waals surface area (Å²) in [6.45, 7) is 5.60. The number of aliphatic hydroxyl groups excluding tert-OH is 1. The van der Waals surface area contributed by atoms with Crippen molar-refractivity contribution < 1.29 is 19.4 Å². The molecule has 3 N–H and O–H groups in total. The Morgan fingerprint density at radius 3 is 1.97 bits per heavy atom. The molecule has 0 unspecified atom stereocenters. The van der Waals surface area contributed by atoms with Gasteiger partial charge in [-0.3, -0.25) is 4.79 Å². The van der Waals surface area contributed by atoms with Crippen molar-refractivity contribution in [3.8, 4) is 0 Å². The van der Waals surface area contributed by atoms with Gasteiger partial charge in [0.1, 0.15) is 12.6 Å². The summed E-state index contributed by atoms with van der Waals surface area (Å²) in [6, 6.07) is 17.5. The van der Waals surface area contributed by atoms with Gasteiger partial charge in [-0.2, -0.15) is 0 Å². The van der Waals surface area contributed by atoms with Gasteiger partial charge in [0.25, 0.3) is 0 Å². The van der Waals surface area contributed by atoms with E-state index in [1.807, 2.05) is 74.5 Å². The molecule has 2 rings (SSSR count). The number of nitrogens with one attached hydrogen (secondary N) is 2.